The number of anilines is 1. The summed E-state index contributed by atoms with van der Waals surface area (Å²) in [6.07, 6.45) is 3.28. The van der Waals surface area contributed by atoms with E-state index in [1.54, 1.807) is 25.3 Å². The van der Waals surface area contributed by atoms with Gasteiger partial charge in [-0.05, 0) is 48.7 Å². The number of benzene rings is 2. The fraction of sp³-hybridized carbons (Fsp3) is 0.286. The van der Waals surface area contributed by atoms with Crippen molar-refractivity contribution in [3.63, 3.8) is 0 Å². The molecule has 0 fully saturated rings. The van der Waals surface area contributed by atoms with E-state index in [2.05, 4.69) is 5.32 Å². The maximum atomic E-state index is 12.3. The standard InChI is InChI=1S/C21H25NO5/c1-13-9-16(24-3)10-14(2)17(13)7-8-20(23)22-15-11-18(25-4)21(27-6)19(12-15)26-5/h7-12H,1-6H3,(H,22,23)/b8-7+. The van der Waals surface area contributed by atoms with Gasteiger partial charge in [0.25, 0.3) is 0 Å². The van der Waals surface area contributed by atoms with E-state index in [9.17, 15) is 4.79 Å². The molecule has 0 aromatic heterocycles. The first-order chi connectivity index (χ1) is 12.9. The van der Waals surface area contributed by atoms with Gasteiger partial charge < -0.3 is 24.3 Å². The summed E-state index contributed by atoms with van der Waals surface area (Å²) in [5, 5.41) is 2.81. The van der Waals surface area contributed by atoms with E-state index < -0.39 is 0 Å². The molecular formula is C21H25NO5. The van der Waals surface area contributed by atoms with Gasteiger partial charge in [0.2, 0.25) is 11.7 Å². The number of amides is 1. The molecule has 1 amide bonds. The maximum absolute atomic E-state index is 12.3. The fourth-order valence-corrected chi connectivity index (χ4v) is 2.81. The van der Waals surface area contributed by atoms with Gasteiger partial charge in [-0.1, -0.05) is 0 Å². The topological polar surface area (TPSA) is 66.0 Å². The molecule has 0 spiro atoms. The van der Waals surface area contributed by atoms with Gasteiger partial charge in [-0.3, -0.25) is 4.79 Å². The summed E-state index contributed by atoms with van der Waals surface area (Å²) in [5.74, 6) is 1.94. The quantitative estimate of drug-likeness (QED) is 0.746. The molecule has 2 aromatic carbocycles. The van der Waals surface area contributed by atoms with Crippen LogP contribution < -0.4 is 24.3 Å². The minimum absolute atomic E-state index is 0.265. The Kier molecular flexibility index (Phi) is 6.71. The molecular weight excluding hydrogens is 346 g/mol. The maximum Gasteiger partial charge on any atom is 0.248 e. The summed E-state index contributed by atoms with van der Waals surface area (Å²) in [7, 11) is 6.21. The normalized spacial score (nSPS) is 10.6. The Morgan fingerprint density at radius 3 is 1.85 bits per heavy atom. The van der Waals surface area contributed by atoms with Crippen molar-refractivity contribution in [1.82, 2.24) is 0 Å². The van der Waals surface area contributed by atoms with Crippen LogP contribution in [0.3, 0.4) is 0 Å². The minimum Gasteiger partial charge on any atom is -0.497 e. The summed E-state index contributed by atoms with van der Waals surface area (Å²) in [4.78, 5) is 12.3. The molecule has 2 rings (SSSR count). The van der Waals surface area contributed by atoms with Crippen LogP contribution in [-0.2, 0) is 4.79 Å². The number of aryl methyl sites for hydroxylation is 2. The predicted octanol–water partition coefficient (Wildman–Crippen LogP) is 3.99. The summed E-state index contributed by atoms with van der Waals surface area (Å²) in [6, 6.07) is 7.22. The highest BCUT2D eigenvalue weighted by molar-refractivity contribution is 6.02. The van der Waals surface area contributed by atoms with E-state index in [0.717, 1.165) is 22.4 Å². The lowest BCUT2D eigenvalue weighted by Crippen LogP contribution is -2.08. The third kappa shape index (κ3) is 4.73. The Bertz CT molecular complexity index is 810. The lowest BCUT2D eigenvalue weighted by atomic mass is 10.0. The van der Waals surface area contributed by atoms with Crippen LogP contribution in [0, 0.1) is 13.8 Å². The van der Waals surface area contributed by atoms with Crippen LogP contribution >= 0.6 is 0 Å². The first-order valence-electron chi connectivity index (χ1n) is 8.37. The molecule has 6 nitrogen and oxygen atoms in total. The number of hydrogen-bond acceptors (Lipinski definition) is 5. The number of carbonyl (C=O) groups excluding carboxylic acids is 1. The monoisotopic (exact) mass is 371 g/mol. The zero-order valence-electron chi connectivity index (χ0n) is 16.5. The second kappa shape index (κ2) is 8.98. The summed E-state index contributed by atoms with van der Waals surface area (Å²) >= 11 is 0. The number of rotatable bonds is 7. The second-order valence-electron chi connectivity index (χ2n) is 5.91. The molecule has 0 aliphatic heterocycles. The molecule has 0 atom stereocenters. The lowest BCUT2D eigenvalue weighted by molar-refractivity contribution is -0.111. The van der Waals surface area contributed by atoms with Crippen molar-refractivity contribution in [3.8, 4) is 23.0 Å². The molecule has 144 valence electrons. The summed E-state index contributed by atoms with van der Waals surface area (Å²) in [5.41, 5.74) is 3.59. The molecule has 2 aromatic rings. The second-order valence-corrected chi connectivity index (χ2v) is 5.91. The van der Waals surface area contributed by atoms with Crippen molar-refractivity contribution in [1.29, 1.82) is 0 Å². The number of carbonyl (C=O) groups is 1. The number of methoxy groups -OCH3 is 4. The SMILES string of the molecule is COc1cc(C)c(/C=C/C(=O)Nc2cc(OC)c(OC)c(OC)c2)c(C)c1. The molecule has 0 bridgehead atoms. The van der Waals surface area contributed by atoms with Crippen molar-refractivity contribution in [2.75, 3.05) is 33.8 Å². The molecule has 0 saturated carbocycles. The van der Waals surface area contributed by atoms with Gasteiger partial charge in [-0.15, -0.1) is 0 Å². The van der Waals surface area contributed by atoms with Crippen LogP contribution in [0.2, 0.25) is 0 Å². The van der Waals surface area contributed by atoms with E-state index in [4.69, 9.17) is 18.9 Å². The number of ether oxygens (including phenoxy) is 4. The van der Waals surface area contributed by atoms with E-state index in [1.165, 1.54) is 27.4 Å². The van der Waals surface area contributed by atoms with E-state index in [0.29, 0.717) is 22.9 Å². The van der Waals surface area contributed by atoms with Gasteiger partial charge in [0, 0.05) is 23.9 Å². The third-order valence-corrected chi connectivity index (χ3v) is 4.14. The van der Waals surface area contributed by atoms with E-state index in [-0.39, 0.29) is 5.91 Å². The van der Waals surface area contributed by atoms with Crippen LogP contribution in [0.5, 0.6) is 23.0 Å². The first kappa shape index (κ1) is 20.2. The van der Waals surface area contributed by atoms with Crippen LogP contribution in [0.25, 0.3) is 6.08 Å². The van der Waals surface area contributed by atoms with Crippen molar-refractivity contribution < 1.29 is 23.7 Å². The van der Waals surface area contributed by atoms with Crippen LogP contribution in [0.15, 0.2) is 30.3 Å². The molecule has 0 heterocycles. The highest BCUT2D eigenvalue weighted by Gasteiger charge is 2.14. The Morgan fingerprint density at radius 2 is 1.41 bits per heavy atom. The van der Waals surface area contributed by atoms with Gasteiger partial charge in [-0.2, -0.15) is 0 Å². The highest BCUT2D eigenvalue weighted by atomic mass is 16.5. The first-order valence-corrected chi connectivity index (χ1v) is 8.37. The smallest absolute Gasteiger partial charge is 0.248 e. The van der Waals surface area contributed by atoms with Crippen molar-refractivity contribution >= 4 is 17.7 Å². The van der Waals surface area contributed by atoms with E-state index >= 15 is 0 Å². The van der Waals surface area contributed by atoms with Crippen LogP contribution in [-0.4, -0.2) is 34.3 Å². The Morgan fingerprint density at radius 1 is 0.852 bits per heavy atom. The molecule has 0 radical (unpaired) electrons. The van der Waals surface area contributed by atoms with Gasteiger partial charge in [-0.25, -0.2) is 0 Å². The fourth-order valence-electron chi connectivity index (χ4n) is 2.81. The summed E-state index contributed by atoms with van der Waals surface area (Å²) < 4.78 is 21.1. The third-order valence-electron chi connectivity index (χ3n) is 4.14. The van der Waals surface area contributed by atoms with Crippen molar-refractivity contribution in [2.24, 2.45) is 0 Å². The molecule has 27 heavy (non-hydrogen) atoms. The van der Waals surface area contributed by atoms with E-state index in [1.807, 2.05) is 26.0 Å². The largest absolute Gasteiger partial charge is 0.497 e. The Labute approximate surface area is 159 Å². The predicted molar refractivity (Wildman–Crippen MR) is 106 cm³/mol. The minimum atomic E-state index is -0.265. The Balaban J connectivity index is 2.22. The summed E-state index contributed by atoms with van der Waals surface area (Å²) in [6.45, 7) is 3.96. The highest BCUT2D eigenvalue weighted by Crippen LogP contribution is 2.39. The average molecular weight is 371 g/mol. The average Bonchev–Trinajstić information content (AvgIpc) is 2.66. The van der Waals surface area contributed by atoms with Gasteiger partial charge >= 0.3 is 0 Å². The van der Waals surface area contributed by atoms with Gasteiger partial charge in [0.05, 0.1) is 28.4 Å². The number of hydrogen-bond donors (Lipinski definition) is 1. The number of nitrogens with one attached hydrogen (secondary N) is 1. The zero-order chi connectivity index (χ0) is 20.0. The van der Waals surface area contributed by atoms with Gasteiger partial charge in [0.15, 0.2) is 11.5 Å². The lowest BCUT2D eigenvalue weighted by Gasteiger charge is -2.14. The molecule has 1 N–H and O–H groups in total. The molecule has 6 heteroatoms. The van der Waals surface area contributed by atoms with Gasteiger partial charge in [0.1, 0.15) is 5.75 Å². The van der Waals surface area contributed by atoms with Crippen LogP contribution in [0.1, 0.15) is 16.7 Å². The van der Waals surface area contributed by atoms with Crippen molar-refractivity contribution in [3.05, 3.63) is 47.0 Å². The molecule has 0 unspecified atom stereocenters. The van der Waals surface area contributed by atoms with Crippen LogP contribution in [0.4, 0.5) is 5.69 Å². The molecule has 0 aliphatic carbocycles. The Hall–Kier alpha value is -3.15. The molecule has 0 saturated heterocycles. The van der Waals surface area contributed by atoms with Crippen molar-refractivity contribution in [2.45, 2.75) is 13.8 Å². The molecule has 0 aliphatic rings. The zero-order valence-corrected chi connectivity index (χ0v) is 16.5.